The fraction of sp³-hybridized carbons (Fsp3) is 0.296. The van der Waals surface area contributed by atoms with Gasteiger partial charge in [0.1, 0.15) is 17.5 Å². The van der Waals surface area contributed by atoms with Crippen LogP contribution in [0.1, 0.15) is 30.6 Å². The third-order valence-corrected chi connectivity index (χ3v) is 6.84. The fourth-order valence-corrected chi connectivity index (χ4v) is 4.54. The average Bonchev–Trinajstić information content (AvgIpc) is 2.91. The maximum absolute atomic E-state index is 12.7. The zero-order valence-electron chi connectivity index (χ0n) is 21.2. The van der Waals surface area contributed by atoms with E-state index < -0.39 is 34.0 Å². The average molecular weight is 541 g/mol. The lowest BCUT2D eigenvalue weighted by Crippen LogP contribution is -2.50. The summed E-state index contributed by atoms with van der Waals surface area (Å²) in [5.41, 5.74) is 0.371. The van der Waals surface area contributed by atoms with Crippen LogP contribution in [0.3, 0.4) is 0 Å². The molecular weight excluding hydrogens is 508 g/mol. The van der Waals surface area contributed by atoms with Gasteiger partial charge in [-0.05, 0) is 60.9 Å². The first kappa shape index (κ1) is 28.8. The largest absolute Gasteiger partial charge is 0.457 e. The molecule has 38 heavy (non-hydrogen) atoms. The van der Waals surface area contributed by atoms with Crippen LogP contribution in [-0.2, 0) is 14.8 Å². The molecule has 1 aromatic heterocycles. The van der Waals surface area contributed by atoms with Gasteiger partial charge in [0.05, 0.1) is 11.0 Å². The van der Waals surface area contributed by atoms with Crippen LogP contribution >= 0.6 is 0 Å². The van der Waals surface area contributed by atoms with Gasteiger partial charge in [-0.1, -0.05) is 32.0 Å². The quantitative estimate of drug-likeness (QED) is 0.260. The number of sulfonamides is 1. The molecule has 0 fully saturated rings. The van der Waals surface area contributed by atoms with E-state index in [2.05, 4.69) is 20.3 Å². The van der Waals surface area contributed by atoms with Gasteiger partial charge in [-0.15, -0.1) is 0 Å². The highest BCUT2D eigenvalue weighted by molar-refractivity contribution is 7.89. The molecule has 1 heterocycles. The summed E-state index contributed by atoms with van der Waals surface area (Å²) in [7, 11) is -3.90. The molecule has 2 atom stereocenters. The molecular formula is C27H32N4O6S. The van der Waals surface area contributed by atoms with E-state index in [1.165, 1.54) is 36.7 Å². The normalized spacial score (nSPS) is 12.9. The topological polar surface area (TPSA) is 147 Å². The lowest BCUT2D eigenvalue weighted by atomic mass is 10.0. The molecule has 0 spiro atoms. The second-order valence-electron chi connectivity index (χ2n) is 9.03. The maximum Gasteiger partial charge on any atom is 0.252 e. The molecule has 11 heteroatoms. The molecule has 0 radical (unpaired) electrons. The van der Waals surface area contributed by atoms with E-state index in [4.69, 9.17) is 4.74 Å². The lowest BCUT2D eigenvalue weighted by molar-refractivity contribution is -0.123. The molecule has 10 nitrogen and oxygen atoms in total. The van der Waals surface area contributed by atoms with Crippen LogP contribution in [0.2, 0.25) is 0 Å². The number of pyridine rings is 1. The van der Waals surface area contributed by atoms with E-state index in [1.807, 2.05) is 32.0 Å². The van der Waals surface area contributed by atoms with E-state index in [9.17, 15) is 23.1 Å². The zero-order valence-corrected chi connectivity index (χ0v) is 22.0. The molecule has 202 valence electrons. The van der Waals surface area contributed by atoms with Crippen LogP contribution in [0, 0.1) is 5.92 Å². The Morgan fingerprint density at radius 1 is 0.921 bits per heavy atom. The number of benzene rings is 2. The first-order valence-corrected chi connectivity index (χ1v) is 13.6. The van der Waals surface area contributed by atoms with Crippen LogP contribution in [0.5, 0.6) is 11.5 Å². The molecule has 4 N–H and O–H groups in total. The Balaban J connectivity index is 1.50. The highest BCUT2D eigenvalue weighted by Crippen LogP contribution is 2.22. The summed E-state index contributed by atoms with van der Waals surface area (Å²) in [6.07, 6.45) is 2.16. The van der Waals surface area contributed by atoms with Crippen molar-refractivity contribution in [1.29, 1.82) is 0 Å². The van der Waals surface area contributed by atoms with Gasteiger partial charge in [0.25, 0.3) is 5.91 Å². The number of aliphatic hydroxyl groups is 1. The monoisotopic (exact) mass is 540 g/mol. The number of hydrogen-bond donors (Lipinski definition) is 4. The van der Waals surface area contributed by atoms with E-state index in [0.717, 1.165) is 0 Å². The number of amides is 2. The Hall–Kier alpha value is -3.80. The number of nitrogens with zero attached hydrogens (tertiary/aromatic N) is 1. The van der Waals surface area contributed by atoms with Crippen molar-refractivity contribution in [2.75, 3.05) is 13.1 Å². The van der Waals surface area contributed by atoms with Crippen molar-refractivity contribution in [2.24, 2.45) is 5.92 Å². The first-order valence-electron chi connectivity index (χ1n) is 12.1. The SMILES string of the molecule is CC(C)CC(NC(=O)c1ccncc1)C(=O)NCC(O)CNS(=O)(=O)c1ccc(Oc2ccccc2)cc1. The minimum absolute atomic E-state index is 0.00460. The second kappa shape index (κ2) is 13.7. The number of rotatable bonds is 13. The molecule has 0 aliphatic carbocycles. The maximum atomic E-state index is 12.7. The lowest BCUT2D eigenvalue weighted by Gasteiger charge is -2.21. The van der Waals surface area contributed by atoms with Crippen molar-refractivity contribution in [1.82, 2.24) is 20.3 Å². The van der Waals surface area contributed by atoms with Crippen molar-refractivity contribution >= 4 is 21.8 Å². The van der Waals surface area contributed by atoms with E-state index in [1.54, 1.807) is 24.3 Å². The Bertz CT molecular complexity index is 1290. The van der Waals surface area contributed by atoms with E-state index >= 15 is 0 Å². The summed E-state index contributed by atoms with van der Waals surface area (Å²) >= 11 is 0. The number of carbonyl (C=O) groups is 2. The van der Waals surface area contributed by atoms with Crippen molar-refractivity contribution in [3.63, 3.8) is 0 Å². The molecule has 3 rings (SSSR count). The van der Waals surface area contributed by atoms with Crippen LogP contribution in [0.15, 0.2) is 84.0 Å². The molecule has 2 unspecified atom stereocenters. The Kier molecular flexibility index (Phi) is 10.3. The predicted octanol–water partition coefficient (Wildman–Crippen LogP) is 2.47. The molecule has 3 aromatic rings. The Morgan fingerprint density at radius 2 is 1.55 bits per heavy atom. The standard InChI is InChI=1S/C27H32N4O6S/c1-19(2)16-25(31-26(33)20-12-14-28-15-13-20)27(34)29-17-21(32)18-30-38(35,36)24-10-8-23(9-11-24)37-22-6-4-3-5-7-22/h3-15,19,21,25,30,32H,16-18H2,1-2H3,(H,29,34)(H,31,33). The molecule has 0 saturated carbocycles. The second-order valence-corrected chi connectivity index (χ2v) is 10.8. The van der Waals surface area contributed by atoms with Crippen LogP contribution < -0.4 is 20.1 Å². The molecule has 0 saturated heterocycles. The molecule has 0 bridgehead atoms. The Morgan fingerprint density at radius 3 is 2.18 bits per heavy atom. The summed E-state index contributed by atoms with van der Waals surface area (Å²) in [6.45, 7) is 3.32. The van der Waals surface area contributed by atoms with Gasteiger partial charge >= 0.3 is 0 Å². The number of carbonyl (C=O) groups excluding carboxylic acids is 2. The third-order valence-electron chi connectivity index (χ3n) is 5.41. The number of hydrogen-bond acceptors (Lipinski definition) is 7. The van der Waals surface area contributed by atoms with E-state index in [0.29, 0.717) is 23.5 Å². The van der Waals surface area contributed by atoms with Crippen molar-refractivity contribution in [2.45, 2.75) is 37.3 Å². The van der Waals surface area contributed by atoms with Gasteiger partial charge < -0.3 is 20.5 Å². The first-order chi connectivity index (χ1) is 18.1. The summed E-state index contributed by atoms with van der Waals surface area (Å²) in [4.78, 5) is 29.1. The number of aromatic nitrogens is 1. The smallest absolute Gasteiger partial charge is 0.252 e. The van der Waals surface area contributed by atoms with Gasteiger partial charge in [-0.25, -0.2) is 13.1 Å². The van der Waals surface area contributed by atoms with Gasteiger partial charge in [0.2, 0.25) is 15.9 Å². The number of ether oxygens (including phenoxy) is 1. The fourth-order valence-electron chi connectivity index (χ4n) is 3.46. The molecule has 0 aliphatic heterocycles. The van der Waals surface area contributed by atoms with Gasteiger partial charge in [0.15, 0.2) is 0 Å². The minimum Gasteiger partial charge on any atom is -0.457 e. The molecule has 2 aromatic carbocycles. The minimum atomic E-state index is -3.90. The van der Waals surface area contributed by atoms with Crippen molar-refractivity contribution in [3.8, 4) is 11.5 Å². The molecule has 0 aliphatic rings. The van der Waals surface area contributed by atoms with Gasteiger partial charge in [0, 0.05) is 31.0 Å². The van der Waals surface area contributed by atoms with Crippen LogP contribution in [0.25, 0.3) is 0 Å². The Labute approximate surface area is 222 Å². The third kappa shape index (κ3) is 8.94. The number of para-hydroxylation sites is 1. The van der Waals surface area contributed by atoms with Crippen molar-refractivity contribution < 1.29 is 27.9 Å². The van der Waals surface area contributed by atoms with Crippen LogP contribution in [-0.4, -0.2) is 55.6 Å². The van der Waals surface area contributed by atoms with Gasteiger partial charge in [-0.3, -0.25) is 14.6 Å². The highest BCUT2D eigenvalue weighted by Gasteiger charge is 2.23. The summed E-state index contributed by atoms with van der Waals surface area (Å²) in [6, 6.07) is 17.2. The van der Waals surface area contributed by atoms with Crippen molar-refractivity contribution in [3.05, 3.63) is 84.7 Å². The summed E-state index contributed by atoms with van der Waals surface area (Å²) in [5, 5.41) is 15.6. The summed E-state index contributed by atoms with van der Waals surface area (Å²) < 4.78 is 33.3. The highest BCUT2D eigenvalue weighted by atomic mass is 32.2. The number of nitrogens with one attached hydrogen (secondary N) is 3. The van der Waals surface area contributed by atoms with E-state index in [-0.39, 0.29) is 23.9 Å². The van der Waals surface area contributed by atoms with Crippen LogP contribution in [0.4, 0.5) is 0 Å². The number of aliphatic hydroxyl groups excluding tert-OH is 1. The summed E-state index contributed by atoms with van der Waals surface area (Å²) in [5.74, 6) is 0.326. The molecule has 2 amide bonds. The zero-order chi connectivity index (χ0) is 27.5. The van der Waals surface area contributed by atoms with Gasteiger partial charge in [-0.2, -0.15) is 0 Å². The predicted molar refractivity (Wildman–Crippen MR) is 142 cm³/mol.